The zero-order valence-corrected chi connectivity index (χ0v) is 12.2. The van der Waals surface area contributed by atoms with Gasteiger partial charge in [0, 0.05) is 25.5 Å². The Balaban J connectivity index is 1.76. The molecule has 1 aliphatic rings. The molecule has 3 rings (SSSR count). The summed E-state index contributed by atoms with van der Waals surface area (Å²) in [6.07, 6.45) is 2.53. The molecule has 4 nitrogen and oxygen atoms in total. The predicted molar refractivity (Wildman–Crippen MR) is 80.8 cm³/mol. The topological polar surface area (TPSA) is 34.5 Å². The molecule has 1 atom stereocenters. The van der Waals surface area contributed by atoms with Crippen LogP contribution < -0.4 is 0 Å². The van der Waals surface area contributed by atoms with Crippen molar-refractivity contribution in [3.05, 3.63) is 59.9 Å². The average molecular weight is 284 g/mol. The van der Waals surface area contributed by atoms with Gasteiger partial charge in [0.15, 0.2) is 0 Å². The molecule has 2 aromatic rings. The van der Waals surface area contributed by atoms with E-state index >= 15 is 0 Å². The Morgan fingerprint density at radius 2 is 2.00 bits per heavy atom. The Hall–Kier alpha value is -2.07. The van der Waals surface area contributed by atoms with E-state index in [4.69, 9.17) is 4.74 Å². The average Bonchev–Trinajstić information content (AvgIpc) is 2.85. The van der Waals surface area contributed by atoms with Crippen LogP contribution in [0.25, 0.3) is 0 Å². The second-order valence-corrected chi connectivity index (χ2v) is 5.45. The Morgan fingerprint density at radius 1 is 1.19 bits per heavy atom. The lowest BCUT2D eigenvalue weighted by Gasteiger charge is -2.23. The van der Waals surface area contributed by atoms with Crippen LogP contribution in [0.3, 0.4) is 0 Å². The lowest BCUT2D eigenvalue weighted by Crippen LogP contribution is -2.37. The molecule has 0 unspecified atom stereocenters. The molecule has 21 heavy (non-hydrogen) atoms. The minimum atomic E-state index is 0.0402. The standard InChI is InChI=1S/C17H20N2O2/c1-21-16-12-18-9-5-8-15(18)11-19(13-16)17(20)10-14-6-3-2-4-7-14/h2-9,16H,10-13H2,1H3/t16-/m0/s1. The lowest BCUT2D eigenvalue weighted by atomic mass is 10.1. The van der Waals surface area contributed by atoms with Gasteiger partial charge in [0.25, 0.3) is 0 Å². The van der Waals surface area contributed by atoms with Gasteiger partial charge in [-0.1, -0.05) is 30.3 Å². The van der Waals surface area contributed by atoms with Gasteiger partial charge in [0.2, 0.25) is 5.91 Å². The van der Waals surface area contributed by atoms with Gasteiger partial charge < -0.3 is 14.2 Å². The molecule has 0 aliphatic carbocycles. The van der Waals surface area contributed by atoms with Crippen molar-refractivity contribution in [3.63, 3.8) is 0 Å². The fraction of sp³-hybridized carbons (Fsp3) is 0.353. The van der Waals surface area contributed by atoms with Crippen LogP contribution in [0.5, 0.6) is 0 Å². The number of hydrogen-bond acceptors (Lipinski definition) is 2. The van der Waals surface area contributed by atoms with E-state index in [1.165, 1.54) is 0 Å². The van der Waals surface area contributed by atoms with E-state index in [9.17, 15) is 4.79 Å². The van der Waals surface area contributed by atoms with Crippen LogP contribution >= 0.6 is 0 Å². The molecule has 0 bridgehead atoms. The molecule has 1 amide bonds. The molecular weight excluding hydrogens is 264 g/mol. The first-order chi connectivity index (χ1) is 10.3. The smallest absolute Gasteiger partial charge is 0.227 e. The van der Waals surface area contributed by atoms with Crippen LogP contribution in [-0.4, -0.2) is 35.1 Å². The van der Waals surface area contributed by atoms with Gasteiger partial charge >= 0.3 is 0 Å². The Kier molecular flexibility index (Phi) is 4.06. The first-order valence-electron chi connectivity index (χ1n) is 7.25. The van der Waals surface area contributed by atoms with Gasteiger partial charge in [0.1, 0.15) is 0 Å². The third-order valence-corrected chi connectivity index (χ3v) is 3.98. The minimum absolute atomic E-state index is 0.0402. The van der Waals surface area contributed by atoms with Crippen molar-refractivity contribution in [3.8, 4) is 0 Å². The van der Waals surface area contributed by atoms with Crippen molar-refractivity contribution in [2.45, 2.75) is 25.6 Å². The maximum absolute atomic E-state index is 12.6. The molecule has 0 saturated heterocycles. The normalized spacial score (nSPS) is 18.1. The molecule has 0 radical (unpaired) electrons. The second kappa shape index (κ2) is 6.14. The fourth-order valence-corrected chi connectivity index (χ4v) is 2.78. The number of rotatable bonds is 3. The van der Waals surface area contributed by atoms with Gasteiger partial charge in [-0.3, -0.25) is 4.79 Å². The summed E-state index contributed by atoms with van der Waals surface area (Å²) in [5.74, 6) is 0.151. The summed E-state index contributed by atoms with van der Waals surface area (Å²) in [5, 5.41) is 0. The highest BCUT2D eigenvalue weighted by atomic mass is 16.5. The molecule has 1 aromatic carbocycles. The van der Waals surface area contributed by atoms with Gasteiger partial charge in [-0.25, -0.2) is 0 Å². The van der Waals surface area contributed by atoms with Crippen LogP contribution in [-0.2, 0) is 29.0 Å². The number of amides is 1. The largest absolute Gasteiger partial charge is 0.378 e. The van der Waals surface area contributed by atoms with E-state index in [1.54, 1.807) is 7.11 Å². The van der Waals surface area contributed by atoms with E-state index in [-0.39, 0.29) is 12.0 Å². The highest BCUT2D eigenvalue weighted by Gasteiger charge is 2.24. The first kappa shape index (κ1) is 13.9. The summed E-state index contributed by atoms with van der Waals surface area (Å²) in [6.45, 7) is 2.09. The third-order valence-electron chi connectivity index (χ3n) is 3.98. The number of fused-ring (bicyclic) bond motifs is 1. The lowest BCUT2D eigenvalue weighted by molar-refractivity contribution is -0.132. The highest BCUT2D eigenvalue weighted by molar-refractivity contribution is 5.78. The summed E-state index contributed by atoms with van der Waals surface area (Å²) in [6, 6.07) is 14.0. The number of hydrogen-bond donors (Lipinski definition) is 0. The number of carbonyl (C=O) groups is 1. The number of aromatic nitrogens is 1. The van der Waals surface area contributed by atoms with Gasteiger partial charge in [-0.2, -0.15) is 0 Å². The molecular formula is C17H20N2O2. The highest BCUT2D eigenvalue weighted by Crippen LogP contribution is 2.16. The Labute approximate surface area is 124 Å². The zero-order chi connectivity index (χ0) is 14.7. The summed E-state index contributed by atoms with van der Waals surface area (Å²) < 4.78 is 7.68. The van der Waals surface area contributed by atoms with Crippen molar-refractivity contribution in [2.75, 3.05) is 13.7 Å². The zero-order valence-electron chi connectivity index (χ0n) is 12.2. The molecule has 0 fully saturated rings. The quantitative estimate of drug-likeness (QED) is 0.865. The van der Waals surface area contributed by atoms with Crippen molar-refractivity contribution in [2.24, 2.45) is 0 Å². The van der Waals surface area contributed by atoms with E-state index in [1.807, 2.05) is 47.5 Å². The molecule has 0 saturated carbocycles. The fourth-order valence-electron chi connectivity index (χ4n) is 2.78. The van der Waals surface area contributed by atoms with E-state index in [0.717, 1.165) is 17.8 Å². The van der Waals surface area contributed by atoms with Crippen LogP contribution in [0.4, 0.5) is 0 Å². The number of methoxy groups -OCH3 is 1. The summed E-state index contributed by atoms with van der Waals surface area (Å²) >= 11 is 0. The minimum Gasteiger partial charge on any atom is -0.378 e. The number of benzene rings is 1. The molecule has 1 aromatic heterocycles. The number of nitrogens with zero attached hydrogens (tertiary/aromatic N) is 2. The van der Waals surface area contributed by atoms with Crippen molar-refractivity contribution in [1.82, 2.24) is 9.47 Å². The number of ether oxygens (including phenoxy) is 1. The number of carbonyl (C=O) groups excluding carboxylic acids is 1. The predicted octanol–water partition coefficient (Wildman–Crippen LogP) is 2.09. The van der Waals surface area contributed by atoms with E-state index in [2.05, 4.69) is 10.6 Å². The Morgan fingerprint density at radius 3 is 2.76 bits per heavy atom. The van der Waals surface area contributed by atoms with Gasteiger partial charge in [-0.15, -0.1) is 0 Å². The van der Waals surface area contributed by atoms with E-state index < -0.39 is 0 Å². The summed E-state index contributed by atoms with van der Waals surface area (Å²) in [4.78, 5) is 14.5. The summed E-state index contributed by atoms with van der Waals surface area (Å²) in [5.41, 5.74) is 2.21. The first-order valence-corrected chi connectivity index (χ1v) is 7.25. The maximum atomic E-state index is 12.6. The van der Waals surface area contributed by atoms with Crippen molar-refractivity contribution in [1.29, 1.82) is 0 Å². The van der Waals surface area contributed by atoms with Crippen LogP contribution in [0.1, 0.15) is 11.3 Å². The third kappa shape index (κ3) is 3.16. The van der Waals surface area contributed by atoms with Crippen molar-refractivity contribution >= 4 is 5.91 Å². The molecule has 0 spiro atoms. The molecule has 4 heteroatoms. The summed E-state index contributed by atoms with van der Waals surface area (Å²) in [7, 11) is 1.71. The molecule has 110 valence electrons. The maximum Gasteiger partial charge on any atom is 0.227 e. The molecule has 2 heterocycles. The molecule has 1 aliphatic heterocycles. The van der Waals surface area contributed by atoms with Crippen LogP contribution in [0.15, 0.2) is 48.7 Å². The second-order valence-electron chi connectivity index (χ2n) is 5.45. The van der Waals surface area contributed by atoms with Gasteiger partial charge in [-0.05, 0) is 17.7 Å². The molecule has 0 N–H and O–H groups in total. The van der Waals surface area contributed by atoms with Gasteiger partial charge in [0.05, 0.1) is 25.6 Å². The Bertz CT molecular complexity index is 606. The van der Waals surface area contributed by atoms with Crippen molar-refractivity contribution < 1.29 is 9.53 Å². The van der Waals surface area contributed by atoms with Crippen LogP contribution in [0, 0.1) is 0 Å². The monoisotopic (exact) mass is 284 g/mol. The van der Waals surface area contributed by atoms with E-state index in [0.29, 0.717) is 19.5 Å². The van der Waals surface area contributed by atoms with Crippen LogP contribution in [0.2, 0.25) is 0 Å². The SMILES string of the molecule is CO[C@@H]1CN(C(=O)Cc2ccccc2)Cc2cccn2C1.